The van der Waals surface area contributed by atoms with E-state index in [4.69, 9.17) is 19.4 Å². The van der Waals surface area contributed by atoms with Crippen molar-refractivity contribution < 1.29 is 13.7 Å². The fourth-order valence-electron chi connectivity index (χ4n) is 2.40. The van der Waals surface area contributed by atoms with Gasteiger partial charge in [0.1, 0.15) is 19.5 Å². The van der Waals surface area contributed by atoms with Gasteiger partial charge in [-0.15, -0.1) is 0 Å². The van der Waals surface area contributed by atoms with Gasteiger partial charge in [0.25, 0.3) is 0 Å². The largest absolute Gasteiger partial charge is 0.386 e. The molecule has 9 heteroatoms. The highest BCUT2D eigenvalue weighted by atomic mass is 32.3. The van der Waals surface area contributed by atoms with E-state index in [-0.39, 0.29) is 10.4 Å². The highest BCUT2D eigenvalue weighted by Crippen LogP contribution is 2.50. The first-order chi connectivity index (χ1) is 9.79. The van der Waals surface area contributed by atoms with Gasteiger partial charge in [0, 0.05) is 6.20 Å². The Bertz CT molecular complexity index is 578. The topological polar surface area (TPSA) is 88.6 Å². The van der Waals surface area contributed by atoms with Crippen molar-refractivity contribution in [3.63, 3.8) is 0 Å². The van der Waals surface area contributed by atoms with Crippen molar-refractivity contribution in [3.8, 4) is 0 Å². The summed E-state index contributed by atoms with van der Waals surface area (Å²) < 4.78 is 34.1. The van der Waals surface area contributed by atoms with Gasteiger partial charge in [0.2, 0.25) is 0 Å². The van der Waals surface area contributed by atoms with Crippen LogP contribution in [0.1, 0.15) is 27.7 Å². The molecule has 2 aliphatic heterocycles. The van der Waals surface area contributed by atoms with Crippen LogP contribution in [-0.2, 0) is 19.4 Å². The molecule has 1 saturated heterocycles. The molecule has 22 heavy (non-hydrogen) atoms. The van der Waals surface area contributed by atoms with Crippen LogP contribution in [0.5, 0.6) is 0 Å². The zero-order valence-corrected chi connectivity index (χ0v) is 16.8. The number of hydrogen-bond donors (Lipinski definition) is 2. The molecule has 2 heterocycles. The molecule has 0 bridgehead atoms. The minimum atomic E-state index is -3.24. The summed E-state index contributed by atoms with van der Waals surface area (Å²) in [6, 6.07) is 0. The van der Waals surface area contributed by atoms with Gasteiger partial charge in [-0.3, -0.25) is 0 Å². The summed E-state index contributed by atoms with van der Waals surface area (Å²) in [4.78, 5) is 0. The van der Waals surface area contributed by atoms with Gasteiger partial charge in [0.05, 0.1) is 13.2 Å². The average Bonchev–Trinajstić information content (AvgIpc) is 2.93. The first kappa shape index (κ1) is 18.3. The van der Waals surface area contributed by atoms with Crippen molar-refractivity contribution in [2.75, 3.05) is 13.2 Å². The van der Waals surface area contributed by atoms with Crippen LogP contribution in [0.15, 0.2) is 10.4 Å². The van der Waals surface area contributed by atoms with Gasteiger partial charge in [-0.05, 0) is 12.0 Å². The lowest BCUT2D eigenvalue weighted by Crippen LogP contribution is -2.60. The molecule has 0 aliphatic carbocycles. The van der Waals surface area contributed by atoms with E-state index in [1.807, 2.05) is 13.1 Å². The molecule has 0 saturated carbocycles. The van der Waals surface area contributed by atoms with Gasteiger partial charge >= 0.3 is 0 Å². The molecule has 2 atom stereocenters. The predicted molar refractivity (Wildman–Crippen MR) is 93.9 cm³/mol. The summed E-state index contributed by atoms with van der Waals surface area (Å²) in [6.07, 6.45) is 1.82. The van der Waals surface area contributed by atoms with Crippen LogP contribution in [0.4, 0.5) is 0 Å². The summed E-state index contributed by atoms with van der Waals surface area (Å²) in [5, 5.41) is 5.49. The van der Waals surface area contributed by atoms with E-state index in [1.54, 1.807) is 0 Å². The molecule has 128 valence electrons. The molecule has 0 spiro atoms. The number of nitrogens with zero attached hydrogens (tertiary/aromatic N) is 1. The zero-order chi connectivity index (χ0) is 17.0. The molecule has 3 N–H and O–H groups in total. The third-order valence-corrected chi connectivity index (χ3v) is 13.3. The number of hydrogen-bond acceptors (Lipinski definition) is 6. The number of ether oxygens (including phenoxy) is 2. The Hall–Kier alpha value is -0.0631. The Morgan fingerprint density at radius 1 is 1.45 bits per heavy atom. The lowest BCUT2D eigenvalue weighted by atomic mass is 10.2. The maximum atomic E-state index is 12.0. The Morgan fingerprint density at radius 3 is 2.36 bits per heavy atom. The fourth-order valence-corrected chi connectivity index (χ4v) is 7.62. The second kappa shape index (κ2) is 5.49. The molecule has 2 rings (SSSR count). The van der Waals surface area contributed by atoms with E-state index in [0.29, 0.717) is 17.5 Å². The molecule has 1 fully saturated rings. The van der Waals surface area contributed by atoms with Crippen LogP contribution in [0.25, 0.3) is 0 Å². The minimum absolute atomic E-state index is 0.0875. The maximum absolute atomic E-state index is 12.0. The maximum Gasteiger partial charge on any atom is 0.195 e. The quantitative estimate of drug-likeness (QED) is 0.751. The summed E-state index contributed by atoms with van der Waals surface area (Å²) in [6.45, 7) is 14.2. The summed E-state index contributed by atoms with van der Waals surface area (Å²) >= 11 is 1.35. The van der Waals surface area contributed by atoms with Crippen molar-refractivity contribution in [3.05, 3.63) is 10.4 Å². The molecular formula is C13H27N3O3S2Si. The zero-order valence-electron chi connectivity index (χ0n) is 14.1. The Balaban J connectivity index is 2.46. The normalized spacial score (nSPS) is 28.6. The molecule has 0 aromatic carbocycles. The molecule has 6 nitrogen and oxygen atoms in total. The van der Waals surface area contributed by atoms with Crippen LogP contribution in [0.2, 0.25) is 18.1 Å². The second-order valence-corrected chi connectivity index (χ2v) is 15.6. The molecule has 0 aromatic heterocycles. The third kappa shape index (κ3) is 3.11. The fraction of sp³-hybridized carbons (Fsp3) is 0.846. The second-order valence-electron chi connectivity index (χ2n) is 7.45. The molecule has 2 unspecified atom stereocenters. The van der Waals surface area contributed by atoms with Crippen LogP contribution < -0.4 is 5.14 Å². The molecule has 0 aromatic rings. The van der Waals surface area contributed by atoms with Crippen molar-refractivity contribution in [1.82, 2.24) is 4.57 Å². The monoisotopic (exact) mass is 365 g/mol. The van der Waals surface area contributed by atoms with Gasteiger partial charge in [-0.25, -0.2) is 14.1 Å². The molecule has 2 aliphatic rings. The van der Waals surface area contributed by atoms with Crippen molar-refractivity contribution in [1.29, 1.82) is 4.78 Å². The molecule has 0 radical (unpaired) electrons. The van der Waals surface area contributed by atoms with E-state index in [0.717, 1.165) is 0 Å². The number of nitrogens with one attached hydrogen (secondary N) is 1. The van der Waals surface area contributed by atoms with Crippen molar-refractivity contribution >= 4 is 29.9 Å². The first-order valence-corrected chi connectivity index (χ1v) is 12.8. The van der Waals surface area contributed by atoms with Gasteiger partial charge < -0.3 is 14.0 Å². The highest BCUT2D eigenvalue weighted by Gasteiger charge is 2.54. The van der Waals surface area contributed by atoms with Crippen LogP contribution in [0, 0.1) is 4.78 Å². The Kier molecular flexibility index (Phi) is 4.56. The standard InChI is InChI=1S/C13H27N3O3S2Si/c1-12(2,3)22(5,6)16-9-10(21(14,15)17)20-11(16)13(4)18-7-8-19-13/h9,11H,7-8H2,1-6H3,(H3,14,15,17). The van der Waals surface area contributed by atoms with Crippen LogP contribution in [0.3, 0.4) is 0 Å². The average molecular weight is 366 g/mol. The molecule has 0 amide bonds. The molecular weight excluding hydrogens is 338 g/mol. The van der Waals surface area contributed by atoms with Crippen LogP contribution in [-0.4, -0.2) is 41.4 Å². The Labute approximate surface area is 139 Å². The summed E-state index contributed by atoms with van der Waals surface area (Å²) in [7, 11) is -5.20. The van der Waals surface area contributed by atoms with E-state index in [1.165, 1.54) is 11.8 Å². The number of nitrogens with two attached hydrogens (primary N) is 1. The highest BCUT2D eigenvalue weighted by molar-refractivity contribution is 8.18. The number of rotatable bonds is 3. The Morgan fingerprint density at radius 2 is 1.95 bits per heavy atom. The van der Waals surface area contributed by atoms with E-state index < -0.39 is 23.9 Å². The van der Waals surface area contributed by atoms with Crippen LogP contribution >= 0.6 is 11.8 Å². The van der Waals surface area contributed by atoms with E-state index >= 15 is 0 Å². The van der Waals surface area contributed by atoms with Gasteiger partial charge in [-0.1, -0.05) is 45.6 Å². The van der Waals surface area contributed by atoms with Crippen molar-refractivity contribution in [2.24, 2.45) is 5.14 Å². The number of thioether (sulfide) groups is 1. The van der Waals surface area contributed by atoms with E-state index in [2.05, 4.69) is 38.4 Å². The predicted octanol–water partition coefficient (Wildman–Crippen LogP) is 2.85. The smallest absolute Gasteiger partial charge is 0.195 e. The summed E-state index contributed by atoms with van der Waals surface area (Å²) in [5.74, 6) is -0.775. The lowest BCUT2D eigenvalue weighted by Gasteiger charge is -2.49. The lowest BCUT2D eigenvalue weighted by molar-refractivity contribution is -0.154. The van der Waals surface area contributed by atoms with E-state index in [9.17, 15) is 4.21 Å². The minimum Gasteiger partial charge on any atom is -0.386 e. The van der Waals surface area contributed by atoms with Crippen molar-refractivity contribution in [2.45, 2.75) is 57.0 Å². The van der Waals surface area contributed by atoms with Gasteiger partial charge in [0.15, 0.2) is 14.0 Å². The third-order valence-electron chi connectivity index (χ3n) is 4.81. The first-order valence-electron chi connectivity index (χ1n) is 7.30. The SMILES string of the molecule is CC1(C2SC(S(=N)(N)=O)=CN2[Si](C)(C)C(C)(C)C)OCCO1. The summed E-state index contributed by atoms with van der Waals surface area (Å²) in [5.41, 5.74) is 0. The van der Waals surface area contributed by atoms with Gasteiger partial charge in [-0.2, -0.15) is 0 Å².